The average Bonchev–Trinajstić information content (AvgIpc) is 2.49. The van der Waals surface area contributed by atoms with Crippen molar-refractivity contribution in [2.24, 2.45) is 0 Å². The third kappa shape index (κ3) is 2.92. The molecule has 6 heteroatoms. The summed E-state index contributed by atoms with van der Waals surface area (Å²) >= 11 is 3.29. The summed E-state index contributed by atoms with van der Waals surface area (Å²) in [6, 6.07) is 1.54. The van der Waals surface area contributed by atoms with Crippen molar-refractivity contribution in [3.63, 3.8) is 0 Å². The zero-order valence-corrected chi connectivity index (χ0v) is 13.1. The van der Waals surface area contributed by atoms with E-state index in [0.717, 1.165) is 5.56 Å². The smallest absolute Gasteiger partial charge is 0.228 e. The number of aliphatic hydroxyl groups is 1. The fraction of sp³-hybridized carbons (Fsp3) is 0.600. The number of nitrogens with zero attached hydrogens (tertiary/aromatic N) is 2. The van der Waals surface area contributed by atoms with Crippen LogP contribution >= 0.6 is 15.9 Å². The van der Waals surface area contributed by atoms with Gasteiger partial charge in [0.1, 0.15) is 11.6 Å². The number of pyridine rings is 1. The van der Waals surface area contributed by atoms with Crippen LogP contribution in [0.2, 0.25) is 0 Å². The third-order valence-corrected chi connectivity index (χ3v) is 4.20. The number of amides is 1. The Bertz CT molecular complexity index is 647. The topological polar surface area (TPSA) is 62.7 Å². The molecule has 1 aromatic heterocycles. The van der Waals surface area contributed by atoms with E-state index in [1.54, 1.807) is 11.1 Å². The lowest BCUT2D eigenvalue weighted by Crippen LogP contribution is -2.57. The average molecular weight is 358 g/mol. The van der Waals surface area contributed by atoms with Gasteiger partial charge in [-0.15, -0.1) is 0 Å². The molecule has 1 fully saturated rings. The van der Waals surface area contributed by atoms with Crippen LogP contribution in [-0.4, -0.2) is 39.6 Å². The Labute approximate surface area is 136 Å². The lowest BCUT2D eigenvalue weighted by molar-refractivity contribution is -0.121. The Balaban J connectivity index is 1.80. The quantitative estimate of drug-likeness (QED) is 0.837. The minimum atomic E-state index is -2.44. The van der Waals surface area contributed by atoms with Gasteiger partial charge >= 0.3 is 0 Å². The van der Waals surface area contributed by atoms with E-state index in [1.165, 1.54) is 0 Å². The standard InChI is InChI=1S/C15H19BrN2O3/c1-15(20)7-11(8-15)18-13(19)3-2-10-6-12(21-5-4-16)9-17-14(10)18/h6,9,11,20H,2-5,7-8H2,1H3/i1D3. The molecule has 1 amide bonds. The van der Waals surface area contributed by atoms with E-state index in [9.17, 15) is 9.90 Å². The van der Waals surface area contributed by atoms with Crippen LogP contribution in [-0.2, 0) is 11.2 Å². The van der Waals surface area contributed by atoms with Crippen molar-refractivity contribution in [1.29, 1.82) is 0 Å². The maximum Gasteiger partial charge on any atom is 0.228 e. The first kappa shape index (κ1) is 11.4. The predicted octanol–water partition coefficient (Wildman–Crippen LogP) is 2.05. The van der Waals surface area contributed by atoms with Gasteiger partial charge in [-0.05, 0) is 37.7 Å². The number of alkyl halides is 1. The second-order valence-electron chi connectivity index (χ2n) is 5.55. The monoisotopic (exact) mass is 357 g/mol. The fourth-order valence-corrected chi connectivity index (χ4v) is 3.04. The first-order valence-corrected chi connectivity index (χ1v) is 8.09. The van der Waals surface area contributed by atoms with Crippen molar-refractivity contribution >= 4 is 27.7 Å². The molecule has 2 aliphatic rings. The Hall–Kier alpha value is -1.14. The number of aromatic nitrogens is 1. The van der Waals surface area contributed by atoms with Crippen LogP contribution in [0.4, 0.5) is 5.82 Å². The lowest BCUT2D eigenvalue weighted by Gasteiger charge is -2.47. The first-order chi connectivity index (χ1) is 11.2. The molecule has 0 bridgehead atoms. The highest BCUT2D eigenvalue weighted by Gasteiger charge is 2.45. The Kier molecular flexibility index (Phi) is 3.03. The second-order valence-corrected chi connectivity index (χ2v) is 6.34. The summed E-state index contributed by atoms with van der Waals surface area (Å²) in [5, 5.41) is 10.9. The number of ether oxygens (including phenoxy) is 1. The molecule has 1 saturated carbocycles. The summed E-state index contributed by atoms with van der Waals surface area (Å²) in [4.78, 5) is 18.2. The first-order valence-electron chi connectivity index (χ1n) is 8.47. The summed E-state index contributed by atoms with van der Waals surface area (Å²) in [7, 11) is 0. The normalized spacial score (nSPS) is 30.8. The van der Waals surface area contributed by atoms with E-state index in [4.69, 9.17) is 8.85 Å². The summed E-state index contributed by atoms with van der Waals surface area (Å²) in [5.41, 5.74) is -0.805. The summed E-state index contributed by atoms with van der Waals surface area (Å²) < 4.78 is 27.8. The van der Waals surface area contributed by atoms with Crippen LogP contribution in [0.1, 0.15) is 35.8 Å². The Morgan fingerprint density at radius 2 is 2.43 bits per heavy atom. The molecule has 0 atom stereocenters. The van der Waals surface area contributed by atoms with E-state index in [-0.39, 0.29) is 24.8 Å². The Morgan fingerprint density at radius 1 is 1.62 bits per heavy atom. The van der Waals surface area contributed by atoms with Gasteiger partial charge in [0.2, 0.25) is 5.91 Å². The van der Waals surface area contributed by atoms with Crippen molar-refractivity contribution in [1.82, 2.24) is 4.98 Å². The number of rotatable bonds is 4. The maximum atomic E-state index is 12.3. The predicted molar refractivity (Wildman–Crippen MR) is 83.0 cm³/mol. The molecule has 0 radical (unpaired) electrons. The molecule has 0 unspecified atom stereocenters. The summed E-state index contributed by atoms with van der Waals surface area (Å²) in [6.07, 6.45) is 2.58. The number of hydrogen-bond donors (Lipinski definition) is 1. The van der Waals surface area contributed by atoms with Gasteiger partial charge in [0, 0.05) is 21.9 Å². The molecule has 0 saturated heterocycles. The molecule has 1 aliphatic heterocycles. The van der Waals surface area contributed by atoms with E-state index < -0.39 is 12.5 Å². The highest BCUT2D eigenvalue weighted by atomic mass is 79.9. The van der Waals surface area contributed by atoms with E-state index >= 15 is 0 Å². The molecule has 0 aromatic carbocycles. The van der Waals surface area contributed by atoms with Gasteiger partial charge in [-0.2, -0.15) is 0 Å². The number of anilines is 1. The number of carbonyl (C=O) groups is 1. The summed E-state index contributed by atoms with van der Waals surface area (Å²) in [6.45, 7) is -1.91. The van der Waals surface area contributed by atoms with Crippen LogP contribution in [0, 0.1) is 0 Å². The van der Waals surface area contributed by atoms with E-state index in [2.05, 4.69) is 20.9 Å². The molecule has 21 heavy (non-hydrogen) atoms. The van der Waals surface area contributed by atoms with Crippen molar-refractivity contribution < 1.29 is 18.8 Å². The van der Waals surface area contributed by atoms with Crippen LogP contribution in [0.5, 0.6) is 5.75 Å². The van der Waals surface area contributed by atoms with Crippen molar-refractivity contribution in [2.75, 3.05) is 16.8 Å². The minimum absolute atomic E-state index is 0.0399. The molecule has 2 heterocycles. The largest absolute Gasteiger partial charge is 0.491 e. The number of fused-ring (bicyclic) bond motifs is 1. The third-order valence-electron chi connectivity index (χ3n) is 3.88. The van der Waals surface area contributed by atoms with Gasteiger partial charge in [0.15, 0.2) is 0 Å². The van der Waals surface area contributed by atoms with Crippen LogP contribution in [0.3, 0.4) is 0 Å². The zero-order valence-electron chi connectivity index (χ0n) is 14.5. The zero-order chi connectivity index (χ0) is 17.5. The molecule has 114 valence electrons. The van der Waals surface area contributed by atoms with Crippen molar-refractivity contribution in [2.45, 2.75) is 44.2 Å². The van der Waals surface area contributed by atoms with Crippen LogP contribution in [0.15, 0.2) is 12.3 Å². The number of carbonyl (C=O) groups excluding carboxylic acids is 1. The van der Waals surface area contributed by atoms with Gasteiger partial charge in [-0.25, -0.2) is 4.98 Å². The molecule has 1 N–H and O–H groups in total. The van der Waals surface area contributed by atoms with Gasteiger partial charge in [-0.3, -0.25) is 9.69 Å². The van der Waals surface area contributed by atoms with E-state index in [0.29, 0.717) is 36.3 Å². The maximum absolute atomic E-state index is 12.3. The molecule has 3 rings (SSSR count). The molecule has 0 spiro atoms. The van der Waals surface area contributed by atoms with Crippen molar-refractivity contribution in [3.8, 4) is 5.75 Å². The van der Waals surface area contributed by atoms with Gasteiger partial charge in [-0.1, -0.05) is 15.9 Å². The highest BCUT2D eigenvalue weighted by molar-refractivity contribution is 9.09. The van der Waals surface area contributed by atoms with Gasteiger partial charge in [0.25, 0.3) is 0 Å². The SMILES string of the molecule is [2H]C([2H])([2H])C1(O)CC(N2C(=O)CCc3cc(OCCBr)cnc32)C1. The highest BCUT2D eigenvalue weighted by Crippen LogP contribution is 2.40. The molecule has 1 aliphatic carbocycles. The number of aryl methyl sites for hydroxylation is 1. The Morgan fingerprint density at radius 3 is 3.14 bits per heavy atom. The fourth-order valence-electron chi connectivity index (χ4n) is 2.88. The molecule has 5 nitrogen and oxygen atoms in total. The molecule has 1 aromatic rings. The lowest BCUT2D eigenvalue weighted by atomic mass is 9.75. The number of halogens is 1. The van der Waals surface area contributed by atoms with Crippen LogP contribution in [0.25, 0.3) is 0 Å². The molecular formula is C15H19BrN2O3. The molecular weight excluding hydrogens is 336 g/mol. The van der Waals surface area contributed by atoms with Crippen LogP contribution < -0.4 is 9.64 Å². The second kappa shape index (κ2) is 5.57. The van der Waals surface area contributed by atoms with Gasteiger partial charge < -0.3 is 9.84 Å². The minimum Gasteiger partial charge on any atom is -0.491 e. The summed E-state index contributed by atoms with van der Waals surface area (Å²) in [5.74, 6) is 1.12. The van der Waals surface area contributed by atoms with Crippen molar-refractivity contribution in [3.05, 3.63) is 17.8 Å². The number of hydrogen-bond acceptors (Lipinski definition) is 4. The van der Waals surface area contributed by atoms with Gasteiger partial charge in [0.05, 0.1) is 18.4 Å². The van der Waals surface area contributed by atoms with E-state index in [1.807, 2.05) is 6.07 Å².